The van der Waals surface area contributed by atoms with Crippen LogP contribution in [0.5, 0.6) is 5.75 Å². The summed E-state index contributed by atoms with van der Waals surface area (Å²) in [6, 6.07) is 4.37. The molecule has 0 bridgehead atoms. The Labute approximate surface area is 230 Å². The van der Waals surface area contributed by atoms with Crippen molar-refractivity contribution >= 4 is 0 Å². The fourth-order valence-electron chi connectivity index (χ4n) is 4.32. The zero-order valence-electron chi connectivity index (χ0n) is 21.1. The van der Waals surface area contributed by atoms with Gasteiger partial charge in [-0.05, 0) is 71.6 Å². The molecule has 0 N–H and O–H groups in total. The molecule has 13 heteroatoms. The number of halogens is 12. The molecular weight excluding hydrogens is 592 g/mol. The van der Waals surface area contributed by atoms with Crippen molar-refractivity contribution in [2.24, 2.45) is 0 Å². The van der Waals surface area contributed by atoms with Gasteiger partial charge in [-0.25, -0.2) is 30.7 Å². The normalized spacial score (nSPS) is 12.1. The van der Waals surface area contributed by atoms with Crippen molar-refractivity contribution in [2.75, 3.05) is 0 Å². The number of alkyl halides is 5. The molecular formula is C29H16F12O. The second-order valence-electron chi connectivity index (χ2n) is 9.07. The van der Waals surface area contributed by atoms with E-state index < -0.39 is 92.1 Å². The van der Waals surface area contributed by atoms with Gasteiger partial charge in [0.25, 0.3) is 0 Å². The summed E-state index contributed by atoms with van der Waals surface area (Å²) in [5.74, 6) is -12.8. The van der Waals surface area contributed by atoms with E-state index in [1.54, 1.807) is 6.92 Å². The van der Waals surface area contributed by atoms with Crippen molar-refractivity contribution in [1.82, 2.24) is 0 Å². The zero-order chi connectivity index (χ0) is 31.1. The third-order valence-corrected chi connectivity index (χ3v) is 6.09. The van der Waals surface area contributed by atoms with Crippen LogP contribution in [-0.2, 0) is 18.7 Å². The molecule has 0 fully saturated rings. The monoisotopic (exact) mass is 608 g/mol. The van der Waals surface area contributed by atoms with Crippen molar-refractivity contribution in [3.63, 3.8) is 0 Å². The molecule has 222 valence electrons. The Hall–Kier alpha value is -4.16. The molecule has 4 rings (SSSR count). The first-order valence-corrected chi connectivity index (χ1v) is 11.9. The first-order chi connectivity index (χ1) is 19.5. The van der Waals surface area contributed by atoms with Gasteiger partial charge in [0.2, 0.25) is 0 Å². The summed E-state index contributed by atoms with van der Waals surface area (Å²) >= 11 is 0. The van der Waals surface area contributed by atoms with Crippen LogP contribution in [0.4, 0.5) is 52.7 Å². The van der Waals surface area contributed by atoms with Gasteiger partial charge in [-0.3, -0.25) is 0 Å². The minimum absolute atomic E-state index is 0.0724. The molecule has 0 amide bonds. The second-order valence-corrected chi connectivity index (χ2v) is 9.07. The number of aryl methyl sites for hydroxylation is 1. The average Bonchev–Trinajstić information content (AvgIpc) is 2.81. The molecule has 0 aliphatic heterocycles. The lowest BCUT2D eigenvalue weighted by Gasteiger charge is -2.20. The molecule has 0 saturated carbocycles. The van der Waals surface area contributed by atoms with Gasteiger partial charge >= 0.3 is 12.3 Å². The molecule has 4 aromatic carbocycles. The van der Waals surface area contributed by atoms with Crippen molar-refractivity contribution < 1.29 is 57.4 Å². The van der Waals surface area contributed by atoms with Gasteiger partial charge in [0.15, 0.2) is 0 Å². The minimum atomic E-state index is -5.42. The van der Waals surface area contributed by atoms with Gasteiger partial charge in [0.1, 0.15) is 57.6 Å². The van der Waals surface area contributed by atoms with Crippen molar-refractivity contribution in [3.05, 3.63) is 112 Å². The van der Waals surface area contributed by atoms with E-state index in [0.717, 1.165) is 12.1 Å². The maximum absolute atomic E-state index is 14.8. The number of hydrogen-bond acceptors (Lipinski definition) is 1. The van der Waals surface area contributed by atoms with Crippen LogP contribution in [0.15, 0.2) is 54.6 Å². The Balaban J connectivity index is 1.65. The van der Waals surface area contributed by atoms with Gasteiger partial charge in [-0.1, -0.05) is 13.3 Å². The first-order valence-electron chi connectivity index (χ1n) is 11.9. The van der Waals surface area contributed by atoms with Gasteiger partial charge in [-0.2, -0.15) is 22.0 Å². The van der Waals surface area contributed by atoms with Crippen molar-refractivity contribution in [1.29, 1.82) is 0 Å². The Bertz CT molecular complexity index is 1590. The molecule has 0 heterocycles. The fraction of sp³-hybridized carbons (Fsp3) is 0.172. The van der Waals surface area contributed by atoms with Gasteiger partial charge in [0.05, 0.1) is 5.56 Å². The van der Waals surface area contributed by atoms with Crippen LogP contribution < -0.4 is 4.74 Å². The van der Waals surface area contributed by atoms with Crippen molar-refractivity contribution in [2.45, 2.75) is 32.1 Å². The number of rotatable bonds is 7. The summed E-state index contributed by atoms with van der Waals surface area (Å²) < 4.78 is 173. The molecule has 1 nitrogen and oxygen atoms in total. The predicted octanol–water partition coefficient (Wildman–Crippen LogP) is 10.1. The summed E-state index contributed by atoms with van der Waals surface area (Å²) in [6.45, 7) is 1.71. The smallest absolute Gasteiger partial charge is 0.429 e. The summed E-state index contributed by atoms with van der Waals surface area (Å²) in [7, 11) is 0. The van der Waals surface area contributed by atoms with E-state index in [1.165, 1.54) is 0 Å². The summed E-state index contributed by atoms with van der Waals surface area (Å²) in [4.78, 5) is 0. The third-order valence-electron chi connectivity index (χ3n) is 6.09. The molecule has 0 aliphatic carbocycles. The molecule has 0 spiro atoms. The largest absolute Gasteiger partial charge is 0.432 e. The lowest BCUT2D eigenvalue weighted by atomic mass is 9.97. The minimum Gasteiger partial charge on any atom is -0.429 e. The molecule has 0 aliphatic rings. The quantitative estimate of drug-likeness (QED) is 0.190. The summed E-state index contributed by atoms with van der Waals surface area (Å²) in [5, 5.41) is 0. The topological polar surface area (TPSA) is 9.23 Å². The Morgan fingerprint density at radius 3 is 1.55 bits per heavy atom. The third kappa shape index (κ3) is 6.04. The highest BCUT2D eigenvalue weighted by Crippen LogP contribution is 2.40. The molecule has 0 saturated heterocycles. The Morgan fingerprint density at radius 2 is 1.07 bits per heavy atom. The highest BCUT2D eigenvalue weighted by atomic mass is 19.4. The van der Waals surface area contributed by atoms with Crippen LogP contribution >= 0.6 is 0 Å². The van der Waals surface area contributed by atoms with E-state index in [0.29, 0.717) is 36.8 Å². The van der Waals surface area contributed by atoms with Crippen LogP contribution in [-0.4, -0.2) is 0 Å². The van der Waals surface area contributed by atoms with Crippen LogP contribution in [0.1, 0.15) is 30.0 Å². The fourth-order valence-corrected chi connectivity index (χ4v) is 4.32. The Morgan fingerprint density at radius 1 is 0.571 bits per heavy atom. The van der Waals surface area contributed by atoms with E-state index in [4.69, 9.17) is 0 Å². The molecule has 0 aromatic heterocycles. The van der Waals surface area contributed by atoms with E-state index >= 15 is 0 Å². The van der Waals surface area contributed by atoms with Crippen LogP contribution in [0.2, 0.25) is 0 Å². The van der Waals surface area contributed by atoms with Crippen LogP contribution in [0.3, 0.4) is 0 Å². The first kappa shape index (κ1) is 30.8. The van der Waals surface area contributed by atoms with E-state index in [2.05, 4.69) is 4.74 Å². The van der Waals surface area contributed by atoms with Gasteiger partial charge in [-0.15, -0.1) is 0 Å². The molecule has 4 aromatic rings. The standard InChI is InChI=1S/C29H16F12O/c1-2-3-13-6-21(33)27(22(34)7-13)29(40,41)42-16-4-5-17(18(30)12-16)14-8-19(31)25(20(32)9-14)15-10-23(35)26(24(36)11-15)28(37,38)39/h4-12H,2-3H2,1H3. The zero-order valence-corrected chi connectivity index (χ0v) is 21.1. The lowest BCUT2D eigenvalue weighted by Crippen LogP contribution is -2.25. The van der Waals surface area contributed by atoms with Crippen LogP contribution in [0, 0.1) is 40.7 Å². The average molecular weight is 608 g/mol. The lowest BCUT2D eigenvalue weighted by molar-refractivity contribution is -0.189. The SMILES string of the molecule is CCCc1cc(F)c(C(F)(F)Oc2ccc(-c3cc(F)c(-c4cc(F)c(C(F)(F)F)c(F)c4)c(F)c3)c(F)c2)c(F)c1. The maximum Gasteiger partial charge on any atom is 0.432 e. The van der Waals surface area contributed by atoms with E-state index in [1.807, 2.05) is 0 Å². The van der Waals surface area contributed by atoms with Gasteiger partial charge in [0, 0.05) is 11.6 Å². The van der Waals surface area contributed by atoms with Crippen LogP contribution in [0.25, 0.3) is 22.3 Å². The molecule has 0 atom stereocenters. The van der Waals surface area contributed by atoms with Crippen molar-refractivity contribution in [3.8, 4) is 28.0 Å². The van der Waals surface area contributed by atoms with E-state index in [9.17, 15) is 52.7 Å². The number of ether oxygens (including phenoxy) is 1. The Kier molecular flexibility index (Phi) is 8.25. The second kappa shape index (κ2) is 11.3. The number of hydrogen-bond donors (Lipinski definition) is 0. The molecule has 42 heavy (non-hydrogen) atoms. The predicted molar refractivity (Wildman–Crippen MR) is 127 cm³/mol. The molecule has 0 unspecified atom stereocenters. The summed E-state index contributed by atoms with van der Waals surface area (Å²) in [6.07, 6.45) is -9.32. The maximum atomic E-state index is 14.8. The van der Waals surface area contributed by atoms with Gasteiger partial charge < -0.3 is 4.74 Å². The number of benzene rings is 4. The highest BCUT2D eigenvalue weighted by Gasteiger charge is 2.41. The summed E-state index contributed by atoms with van der Waals surface area (Å²) in [5.41, 5.74) is -7.03. The van der Waals surface area contributed by atoms with E-state index in [-0.39, 0.29) is 24.1 Å². The highest BCUT2D eigenvalue weighted by molar-refractivity contribution is 5.72. The molecule has 0 radical (unpaired) electrons.